The van der Waals surface area contributed by atoms with Crippen LogP contribution in [-0.4, -0.2) is 39.8 Å². The summed E-state index contributed by atoms with van der Waals surface area (Å²) in [4.78, 5) is 6.27. The molecule has 0 aliphatic carbocycles. The first-order chi connectivity index (χ1) is 12.5. The van der Waals surface area contributed by atoms with Crippen LogP contribution >= 0.6 is 0 Å². The number of rotatable bonds is 7. The lowest BCUT2D eigenvalue weighted by molar-refractivity contribution is 0.214. The minimum atomic E-state index is -0.358. The van der Waals surface area contributed by atoms with Crippen molar-refractivity contribution in [2.24, 2.45) is 4.99 Å². The van der Waals surface area contributed by atoms with Crippen LogP contribution in [0.2, 0.25) is 0 Å². The van der Waals surface area contributed by atoms with Gasteiger partial charge in [-0.05, 0) is 36.8 Å². The van der Waals surface area contributed by atoms with E-state index in [1.54, 1.807) is 25.2 Å². The van der Waals surface area contributed by atoms with Crippen LogP contribution in [-0.2, 0) is 6.54 Å². The Morgan fingerprint density at radius 3 is 2.42 bits per heavy atom. The number of halogens is 1. The highest BCUT2D eigenvalue weighted by atomic mass is 19.1. The Hall–Kier alpha value is -2.76. The van der Waals surface area contributed by atoms with Crippen molar-refractivity contribution in [3.63, 3.8) is 0 Å². The van der Waals surface area contributed by atoms with Gasteiger partial charge >= 0.3 is 0 Å². The third-order valence-corrected chi connectivity index (χ3v) is 3.86. The first kappa shape index (κ1) is 19.6. The maximum Gasteiger partial charge on any atom is 0.191 e. The van der Waals surface area contributed by atoms with Crippen LogP contribution in [0.3, 0.4) is 0 Å². The van der Waals surface area contributed by atoms with Crippen molar-refractivity contribution in [3.8, 4) is 5.75 Å². The number of hydrogen-bond donors (Lipinski definition) is 2. The fourth-order valence-corrected chi connectivity index (χ4v) is 2.36. The molecule has 0 amide bonds. The summed E-state index contributed by atoms with van der Waals surface area (Å²) in [5, 5.41) is 6.45. The van der Waals surface area contributed by atoms with Crippen LogP contribution in [0.4, 0.5) is 10.1 Å². The number of aliphatic imine (C=N–C) groups is 1. The smallest absolute Gasteiger partial charge is 0.191 e. The van der Waals surface area contributed by atoms with E-state index in [1.165, 1.54) is 6.07 Å². The van der Waals surface area contributed by atoms with Gasteiger partial charge in [0.05, 0.1) is 6.54 Å². The predicted molar refractivity (Wildman–Crippen MR) is 105 cm³/mol. The molecule has 0 aliphatic rings. The highest BCUT2D eigenvalue weighted by Gasteiger charge is 2.09. The molecule has 1 atom stereocenters. The summed E-state index contributed by atoms with van der Waals surface area (Å²) >= 11 is 0. The van der Waals surface area contributed by atoms with Crippen molar-refractivity contribution in [3.05, 3.63) is 59.9 Å². The third kappa shape index (κ3) is 5.95. The van der Waals surface area contributed by atoms with Crippen molar-refractivity contribution in [2.45, 2.75) is 19.6 Å². The van der Waals surface area contributed by atoms with Crippen molar-refractivity contribution < 1.29 is 9.13 Å². The first-order valence-corrected chi connectivity index (χ1v) is 8.61. The normalized spacial score (nSPS) is 12.4. The number of ether oxygens (including phenoxy) is 1. The van der Waals surface area contributed by atoms with Gasteiger partial charge in [0.2, 0.25) is 0 Å². The second-order valence-electron chi connectivity index (χ2n) is 6.23. The molecule has 0 aliphatic heterocycles. The van der Waals surface area contributed by atoms with Gasteiger partial charge in [-0.15, -0.1) is 0 Å². The lowest BCUT2D eigenvalue weighted by Crippen LogP contribution is -2.41. The van der Waals surface area contributed by atoms with E-state index in [2.05, 4.69) is 44.8 Å². The lowest BCUT2D eigenvalue weighted by atomic mass is 10.2. The van der Waals surface area contributed by atoms with Gasteiger partial charge in [-0.25, -0.2) is 4.39 Å². The van der Waals surface area contributed by atoms with Gasteiger partial charge in [0.1, 0.15) is 6.10 Å². The van der Waals surface area contributed by atoms with E-state index in [0.29, 0.717) is 19.0 Å². The van der Waals surface area contributed by atoms with E-state index in [-0.39, 0.29) is 17.7 Å². The van der Waals surface area contributed by atoms with E-state index < -0.39 is 0 Å². The van der Waals surface area contributed by atoms with Crippen molar-refractivity contribution in [1.29, 1.82) is 0 Å². The van der Waals surface area contributed by atoms with Crippen LogP contribution in [0.15, 0.2) is 53.5 Å². The second kappa shape index (κ2) is 9.65. The Bertz CT molecular complexity index is 716. The molecule has 1 unspecified atom stereocenters. The summed E-state index contributed by atoms with van der Waals surface area (Å²) in [7, 11) is 5.75. The number of guanidine groups is 1. The molecule has 2 aromatic rings. The molecule has 0 radical (unpaired) electrons. The van der Waals surface area contributed by atoms with Crippen LogP contribution in [0, 0.1) is 5.82 Å². The first-order valence-electron chi connectivity index (χ1n) is 8.61. The molecule has 0 bridgehead atoms. The zero-order chi connectivity index (χ0) is 18.9. The molecule has 2 rings (SSSR count). The molecular weight excluding hydrogens is 331 g/mol. The SMILES string of the molecule is CN=C(NCc1ccc(N(C)C)cc1)NCC(C)Oc1ccccc1F. The van der Waals surface area contributed by atoms with Crippen molar-refractivity contribution in [2.75, 3.05) is 32.6 Å². The highest BCUT2D eigenvalue weighted by Crippen LogP contribution is 2.16. The zero-order valence-corrected chi connectivity index (χ0v) is 15.8. The van der Waals surface area contributed by atoms with Gasteiger partial charge in [0, 0.05) is 33.4 Å². The number of nitrogens with one attached hydrogen (secondary N) is 2. The van der Waals surface area contributed by atoms with E-state index in [9.17, 15) is 4.39 Å². The van der Waals surface area contributed by atoms with E-state index >= 15 is 0 Å². The zero-order valence-electron chi connectivity index (χ0n) is 15.8. The van der Waals surface area contributed by atoms with Gasteiger partial charge in [-0.3, -0.25) is 4.99 Å². The summed E-state index contributed by atoms with van der Waals surface area (Å²) < 4.78 is 19.2. The summed E-state index contributed by atoms with van der Waals surface area (Å²) in [5.41, 5.74) is 2.32. The van der Waals surface area contributed by atoms with Crippen molar-refractivity contribution in [1.82, 2.24) is 10.6 Å². The molecule has 0 aromatic heterocycles. The Labute approximate surface area is 154 Å². The number of anilines is 1. The van der Waals surface area contributed by atoms with Gasteiger partial charge in [0.15, 0.2) is 17.5 Å². The molecular formula is C20H27FN4O. The molecule has 2 N–H and O–H groups in total. The molecule has 0 fully saturated rings. The fraction of sp³-hybridized carbons (Fsp3) is 0.350. The molecule has 6 heteroatoms. The Morgan fingerprint density at radius 2 is 1.81 bits per heavy atom. The Kier molecular flexibility index (Phi) is 7.26. The molecule has 0 saturated heterocycles. The standard InChI is InChI=1S/C20H27FN4O/c1-15(26-19-8-6-5-7-18(19)21)13-23-20(22-2)24-14-16-9-11-17(12-10-16)25(3)4/h5-12,15H,13-14H2,1-4H3,(H2,22,23,24). The fourth-order valence-electron chi connectivity index (χ4n) is 2.36. The van der Waals surface area contributed by atoms with E-state index in [1.807, 2.05) is 21.0 Å². The summed E-state index contributed by atoms with van der Waals surface area (Å²) in [6.45, 7) is 3.05. The Morgan fingerprint density at radius 1 is 1.12 bits per heavy atom. The van der Waals surface area contributed by atoms with Gasteiger partial charge in [0.25, 0.3) is 0 Å². The molecule has 2 aromatic carbocycles. The van der Waals surface area contributed by atoms with Gasteiger partial charge in [-0.1, -0.05) is 24.3 Å². The molecule has 0 saturated carbocycles. The van der Waals surface area contributed by atoms with Crippen LogP contribution in [0.1, 0.15) is 12.5 Å². The number of benzene rings is 2. The third-order valence-electron chi connectivity index (χ3n) is 3.86. The average Bonchev–Trinajstić information content (AvgIpc) is 2.64. The Balaban J connectivity index is 1.79. The van der Waals surface area contributed by atoms with E-state index in [4.69, 9.17) is 4.74 Å². The molecule has 0 spiro atoms. The van der Waals surface area contributed by atoms with Crippen LogP contribution in [0.25, 0.3) is 0 Å². The molecule has 140 valence electrons. The van der Waals surface area contributed by atoms with Gasteiger partial charge in [-0.2, -0.15) is 0 Å². The summed E-state index contributed by atoms with van der Waals surface area (Å²) in [6.07, 6.45) is -0.204. The van der Waals surface area contributed by atoms with Crippen molar-refractivity contribution >= 4 is 11.6 Å². The summed E-state index contributed by atoms with van der Waals surface area (Å²) in [5.74, 6) is 0.569. The largest absolute Gasteiger partial charge is 0.486 e. The monoisotopic (exact) mass is 358 g/mol. The minimum Gasteiger partial charge on any atom is -0.486 e. The molecule has 26 heavy (non-hydrogen) atoms. The van der Waals surface area contributed by atoms with Gasteiger partial charge < -0.3 is 20.3 Å². The maximum absolute atomic E-state index is 13.6. The molecule has 0 heterocycles. The minimum absolute atomic E-state index is 0.204. The number of hydrogen-bond acceptors (Lipinski definition) is 3. The summed E-state index contributed by atoms with van der Waals surface area (Å²) in [6, 6.07) is 14.7. The number of para-hydroxylation sites is 1. The van der Waals surface area contributed by atoms with Crippen LogP contribution < -0.4 is 20.3 Å². The topological polar surface area (TPSA) is 48.9 Å². The maximum atomic E-state index is 13.6. The molecule has 5 nitrogen and oxygen atoms in total. The lowest BCUT2D eigenvalue weighted by Gasteiger charge is -2.18. The van der Waals surface area contributed by atoms with E-state index in [0.717, 1.165) is 11.3 Å². The van der Waals surface area contributed by atoms with Crippen LogP contribution in [0.5, 0.6) is 5.75 Å². The highest BCUT2D eigenvalue weighted by molar-refractivity contribution is 5.79. The predicted octanol–water partition coefficient (Wildman–Crippen LogP) is 3.02. The quantitative estimate of drug-likeness (QED) is 0.590. The average molecular weight is 358 g/mol. The second-order valence-corrected chi connectivity index (χ2v) is 6.23. The number of nitrogens with zero attached hydrogens (tertiary/aromatic N) is 2.